The van der Waals surface area contributed by atoms with Gasteiger partial charge in [0.05, 0.1) is 11.5 Å². The van der Waals surface area contributed by atoms with Crippen molar-refractivity contribution >= 4 is 17.3 Å². The first-order valence-corrected chi connectivity index (χ1v) is 6.70. The predicted molar refractivity (Wildman–Crippen MR) is 78.1 cm³/mol. The van der Waals surface area contributed by atoms with E-state index in [2.05, 4.69) is 0 Å². The molecule has 0 spiro atoms. The molecule has 0 aliphatic carbocycles. The summed E-state index contributed by atoms with van der Waals surface area (Å²) in [6.45, 7) is 4.50. The number of carbonyl (C=O) groups excluding carboxylic acids is 1. The lowest BCUT2D eigenvalue weighted by Gasteiger charge is -2.46. The second-order valence-electron chi connectivity index (χ2n) is 5.67. The molecule has 0 bridgehead atoms. The molecule has 1 aliphatic rings. The van der Waals surface area contributed by atoms with Gasteiger partial charge in [0.15, 0.2) is 0 Å². The van der Waals surface area contributed by atoms with Gasteiger partial charge in [0.2, 0.25) is 5.91 Å². The van der Waals surface area contributed by atoms with Crippen molar-refractivity contribution in [3.8, 4) is 0 Å². The number of carbonyl (C=O) groups is 1. The number of likely N-dealkylation sites (N-methyl/N-ethyl adjacent to an activating group) is 1. The molecular weight excluding hydrogens is 274 g/mol. The molecule has 0 saturated carbocycles. The third-order valence-electron chi connectivity index (χ3n) is 3.94. The number of piperazine rings is 1. The van der Waals surface area contributed by atoms with Gasteiger partial charge in [-0.1, -0.05) is 0 Å². The first-order valence-electron chi connectivity index (χ1n) is 6.70. The van der Waals surface area contributed by atoms with Crippen LogP contribution in [0.4, 0.5) is 11.4 Å². The first kappa shape index (κ1) is 15.2. The van der Waals surface area contributed by atoms with E-state index in [1.807, 2.05) is 18.7 Å². The van der Waals surface area contributed by atoms with Crippen LogP contribution >= 0.6 is 0 Å². The zero-order valence-corrected chi connectivity index (χ0v) is 12.4. The molecule has 7 heteroatoms. The SMILES string of the molecule is CN1CCN(c2ccc([N+](=O)[O-])cc2CO)C(C)(C)C1=O. The van der Waals surface area contributed by atoms with E-state index in [-0.39, 0.29) is 18.2 Å². The number of anilines is 1. The summed E-state index contributed by atoms with van der Waals surface area (Å²) in [7, 11) is 1.75. The molecule has 1 aromatic carbocycles. The zero-order chi connectivity index (χ0) is 15.8. The summed E-state index contributed by atoms with van der Waals surface area (Å²) >= 11 is 0. The van der Waals surface area contributed by atoms with Crippen LogP contribution in [0, 0.1) is 10.1 Å². The molecule has 0 aromatic heterocycles. The summed E-state index contributed by atoms with van der Waals surface area (Å²) in [6, 6.07) is 4.35. The van der Waals surface area contributed by atoms with E-state index in [4.69, 9.17) is 0 Å². The van der Waals surface area contributed by atoms with Gasteiger partial charge in [-0.2, -0.15) is 0 Å². The van der Waals surface area contributed by atoms with Crippen molar-refractivity contribution in [3.05, 3.63) is 33.9 Å². The van der Waals surface area contributed by atoms with Crippen LogP contribution in [0.5, 0.6) is 0 Å². The molecule has 0 atom stereocenters. The standard InChI is InChI=1S/C14H19N3O4/c1-14(2)13(19)15(3)6-7-16(14)12-5-4-11(17(20)21)8-10(12)9-18/h4-5,8,18H,6-7,9H2,1-3H3. The van der Waals surface area contributed by atoms with Crippen molar-refractivity contribution in [1.29, 1.82) is 0 Å². The number of non-ortho nitro benzene ring substituents is 1. The van der Waals surface area contributed by atoms with Crippen molar-refractivity contribution in [2.24, 2.45) is 0 Å². The summed E-state index contributed by atoms with van der Waals surface area (Å²) in [5.41, 5.74) is 0.290. The van der Waals surface area contributed by atoms with Gasteiger partial charge in [0, 0.05) is 43.5 Å². The average molecular weight is 293 g/mol. The number of amides is 1. The molecule has 1 aromatic rings. The first-order chi connectivity index (χ1) is 9.78. The van der Waals surface area contributed by atoms with Gasteiger partial charge < -0.3 is 14.9 Å². The molecule has 7 nitrogen and oxygen atoms in total. The molecule has 114 valence electrons. The van der Waals surface area contributed by atoms with Gasteiger partial charge in [-0.05, 0) is 19.9 Å². The number of hydrogen-bond acceptors (Lipinski definition) is 5. The Labute approximate surface area is 122 Å². The molecule has 1 heterocycles. The molecule has 1 aliphatic heterocycles. The van der Waals surface area contributed by atoms with E-state index < -0.39 is 10.5 Å². The van der Waals surface area contributed by atoms with Crippen molar-refractivity contribution < 1.29 is 14.8 Å². The number of benzene rings is 1. The maximum Gasteiger partial charge on any atom is 0.269 e. The molecule has 0 radical (unpaired) electrons. The van der Waals surface area contributed by atoms with Crippen molar-refractivity contribution in [2.75, 3.05) is 25.0 Å². The number of nitro benzene ring substituents is 1. The second kappa shape index (κ2) is 5.33. The monoisotopic (exact) mass is 293 g/mol. The van der Waals surface area contributed by atoms with E-state index in [0.29, 0.717) is 24.3 Å². The van der Waals surface area contributed by atoms with E-state index in [0.717, 1.165) is 0 Å². The molecule has 1 N–H and O–H groups in total. The van der Waals surface area contributed by atoms with E-state index in [1.54, 1.807) is 18.0 Å². The van der Waals surface area contributed by atoms with E-state index in [9.17, 15) is 20.0 Å². The fourth-order valence-corrected chi connectivity index (χ4v) is 2.71. The number of nitrogens with zero attached hydrogens (tertiary/aromatic N) is 3. The Hall–Kier alpha value is -2.15. The quantitative estimate of drug-likeness (QED) is 0.667. The molecule has 21 heavy (non-hydrogen) atoms. The average Bonchev–Trinajstić information content (AvgIpc) is 2.44. The number of aliphatic hydroxyl groups excluding tert-OH is 1. The topological polar surface area (TPSA) is 86.9 Å². The van der Waals surface area contributed by atoms with E-state index in [1.165, 1.54) is 12.1 Å². The Morgan fingerprint density at radius 1 is 1.38 bits per heavy atom. The van der Waals surface area contributed by atoms with Gasteiger partial charge in [-0.15, -0.1) is 0 Å². The van der Waals surface area contributed by atoms with Gasteiger partial charge in [0.25, 0.3) is 5.69 Å². The smallest absolute Gasteiger partial charge is 0.269 e. The molecule has 1 amide bonds. The third kappa shape index (κ3) is 2.56. The van der Waals surface area contributed by atoms with Crippen LogP contribution in [-0.2, 0) is 11.4 Å². The van der Waals surface area contributed by atoms with Crippen molar-refractivity contribution in [2.45, 2.75) is 26.0 Å². The van der Waals surface area contributed by atoms with Gasteiger partial charge in [0.1, 0.15) is 5.54 Å². The Morgan fingerprint density at radius 2 is 2.05 bits per heavy atom. The second-order valence-corrected chi connectivity index (χ2v) is 5.67. The van der Waals surface area contributed by atoms with Gasteiger partial charge >= 0.3 is 0 Å². The number of aliphatic hydroxyl groups is 1. The van der Waals surface area contributed by atoms with Crippen molar-refractivity contribution in [3.63, 3.8) is 0 Å². The summed E-state index contributed by atoms with van der Waals surface area (Å²) in [6.07, 6.45) is 0. The summed E-state index contributed by atoms with van der Waals surface area (Å²) in [5.74, 6) is -0.0176. The maximum atomic E-state index is 12.3. The van der Waals surface area contributed by atoms with E-state index >= 15 is 0 Å². The van der Waals surface area contributed by atoms with Crippen LogP contribution in [0.3, 0.4) is 0 Å². The minimum atomic E-state index is -0.757. The lowest BCUT2D eigenvalue weighted by atomic mass is 9.95. The fourth-order valence-electron chi connectivity index (χ4n) is 2.71. The lowest BCUT2D eigenvalue weighted by Crippen LogP contribution is -2.62. The summed E-state index contributed by atoms with van der Waals surface area (Å²) in [5, 5.41) is 20.3. The van der Waals surface area contributed by atoms with Crippen LogP contribution < -0.4 is 4.90 Å². The molecule has 1 fully saturated rings. The Kier molecular flexibility index (Phi) is 3.87. The third-order valence-corrected chi connectivity index (χ3v) is 3.94. The molecule has 1 saturated heterocycles. The van der Waals surface area contributed by atoms with Crippen molar-refractivity contribution in [1.82, 2.24) is 4.90 Å². The highest BCUT2D eigenvalue weighted by molar-refractivity contribution is 5.90. The number of nitro groups is 1. The highest BCUT2D eigenvalue weighted by Crippen LogP contribution is 2.33. The van der Waals surface area contributed by atoms with Crippen LogP contribution in [-0.4, -0.2) is 46.5 Å². The molecule has 0 unspecified atom stereocenters. The van der Waals surface area contributed by atoms with Gasteiger partial charge in [-0.3, -0.25) is 14.9 Å². The largest absolute Gasteiger partial charge is 0.392 e. The van der Waals surface area contributed by atoms with Gasteiger partial charge in [-0.25, -0.2) is 0 Å². The zero-order valence-electron chi connectivity index (χ0n) is 12.4. The van der Waals surface area contributed by atoms with Crippen LogP contribution in [0.25, 0.3) is 0 Å². The number of rotatable bonds is 3. The minimum absolute atomic E-state index is 0.0176. The number of hydrogen-bond donors (Lipinski definition) is 1. The Balaban J connectivity index is 2.46. The molecule has 2 rings (SSSR count). The summed E-state index contributed by atoms with van der Waals surface area (Å²) < 4.78 is 0. The summed E-state index contributed by atoms with van der Waals surface area (Å²) in [4.78, 5) is 26.2. The normalized spacial score (nSPS) is 18.0. The highest BCUT2D eigenvalue weighted by atomic mass is 16.6. The van der Waals surface area contributed by atoms with Crippen LogP contribution in [0.15, 0.2) is 18.2 Å². The predicted octanol–water partition coefficient (Wildman–Crippen LogP) is 1.14. The van der Waals surface area contributed by atoms with Crippen LogP contribution in [0.1, 0.15) is 19.4 Å². The highest BCUT2D eigenvalue weighted by Gasteiger charge is 2.41. The fraction of sp³-hybridized carbons (Fsp3) is 0.500. The minimum Gasteiger partial charge on any atom is -0.392 e. The van der Waals surface area contributed by atoms with Crippen LogP contribution in [0.2, 0.25) is 0 Å². The lowest BCUT2D eigenvalue weighted by molar-refractivity contribution is -0.384. The Morgan fingerprint density at radius 3 is 2.62 bits per heavy atom. The molecular formula is C14H19N3O4. The Bertz CT molecular complexity index is 586. The maximum absolute atomic E-state index is 12.3.